The van der Waals surface area contributed by atoms with E-state index >= 15 is 0 Å². The van der Waals surface area contributed by atoms with E-state index in [4.69, 9.17) is 20.3 Å². The van der Waals surface area contributed by atoms with Crippen LogP contribution in [0.5, 0.6) is 11.5 Å². The lowest BCUT2D eigenvalue weighted by molar-refractivity contribution is -0.0249. The molecule has 0 amide bonds. The Kier molecular flexibility index (Phi) is 7.46. The number of rotatable bonds is 3. The third-order valence-electron chi connectivity index (χ3n) is 7.63. The van der Waals surface area contributed by atoms with E-state index in [0.717, 1.165) is 24.2 Å². The molecule has 2 atom stereocenters. The number of hydrogen-bond acceptors (Lipinski definition) is 6. The summed E-state index contributed by atoms with van der Waals surface area (Å²) in [5.41, 5.74) is 5.01. The van der Waals surface area contributed by atoms with Gasteiger partial charge in [0.25, 0.3) is 0 Å². The zero-order chi connectivity index (χ0) is 25.7. The summed E-state index contributed by atoms with van der Waals surface area (Å²) in [7, 11) is 0.599. The summed E-state index contributed by atoms with van der Waals surface area (Å²) in [6.07, 6.45) is 7.42. The van der Waals surface area contributed by atoms with Crippen LogP contribution < -0.4 is 9.39 Å². The van der Waals surface area contributed by atoms with Crippen LogP contribution in [0.4, 0.5) is 0 Å². The number of nitriles is 2. The van der Waals surface area contributed by atoms with E-state index in [9.17, 15) is 0 Å². The van der Waals surface area contributed by atoms with E-state index in [0.29, 0.717) is 30.6 Å². The Hall–Kier alpha value is -3.78. The van der Waals surface area contributed by atoms with E-state index in [1.54, 1.807) is 24.3 Å². The molecule has 0 aliphatic carbocycles. The summed E-state index contributed by atoms with van der Waals surface area (Å²) < 4.78 is 11.2. The minimum Gasteiger partial charge on any atom is -0.537 e. The average molecular weight is 490 g/mol. The standard InChI is InChI=1S/C23H24N2O.C7H5BNO2/c24-16-17-4-6-18(7-5-17)19-8-9-22-20(13-19)14-23(26-22)10-12-25-11-2-1-3-21(25)15-23;9-5-6-1-3-7(4-2-6)11-8-10/h4-9,13,21H,1-3,10-12,14-15H2;1-4,10H. The molecule has 6 rings (SSSR count). The highest BCUT2D eigenvalue weighted by Gasteiger charge is 2.46. The number of hydrogen-bond donors (Lipinski definition) is 1. The Bertz CT molecular complexity index is 1310. The van der Waals surface area contributed by atoms with Crippen molar-refractivity contribution in [2.45, 2.75) is 50.2 Å². The number of fused-ring (bicyclic) bond motifs is 2. The molecule has 3 aliphatic heterocycles. The highest BCUT2D eigenvalue weighted by atomic mass is 16.5. The molecule has 0 saturated carbocycles. The van der Waals surface area contributed by atoms with E-state index < -0.39 is 0 Å². The second-order valence-corrected chi connectivity index (χ2v) is 9.97. The fraction of sp³-hybridized carbons (Fsp3) is 0.333. The van der Waals surface area contributed by atoms with Crippen LogP contribution in [0.25, 0.3) is 11.1 Å². The van der Waals surface area contributed by atoms with Gasteiger partial charge < -0.3 is 19.3 Å². The molecular formula is C30H29BN3O3. The highest BCUT2D eigenvalue weighted by Crippen LogP contribution is 2.45. The predicted molar refractivity (Wildman–Crippen MR) is 142 cm³/mol. The van der Waals surface area contributed by atoms with Crippen molar-refractivity contribution in [2.24, 2.45) is 0 Å². The Labute approximate surface area is 219 Å². The van der Waals surface area contributed by atoms with Crippen molar-refractivity contribution in [3.05, 3.63) is 83.4 Å². The molecule has 3 aromatic rings. The lowest BCUT2D eigenvalue weighted by Gasteiger charge is -2.46. The molecule has 7 heteroatoms. The van der Waals surface area contributed by atoms with Gasteiger partial charge in [-0.05, 0) is 84.6 Å². The summed E-state index contributed by atoms with van der Waals surface area (Å²) in [5, 5.41) is 25.6. The number of nitrogens with zero attached hydrogens (tertiary/aromatic N) is 3. The maximum absolute atomic E-state index is 8.98. The molecule has 0 bridgehead atoms. The summed E-state index contributed by atoms with van der Waals surface area (Å²) in [6.45, 7) is 2.46. The van der Waals surface area contributed by atoms with Crippen molar-refractivity contribution in [3.63, 3.8) is 0 Å². The van der Waals surface area contributed by atoms with Gasteiger partial charge in [-0.2, -0.15) is 10.5 Å². The quantitative estimate of drug-likeness (QED) is 0.520. The van der Waals surface area contributed by atoms with Crippen LogP contribution in [0.15, 0.2) is 66.7 Å². The highest BCUT2D eigenvalue weighted by molar-refractivity contribution is 6.17. The lowest BCUT2D eigenvalue weighted by Crippen LogP contribution is -2.54. The minimum absolute atomic E-state index is 0.0180. The van der Waals surface area contributed by atoms with Gasteiger partial charge in [0.05, 0.1) is 23.3 Å². The largest absolute Gasteiger partial charge is 0.569 e. The van der Waals surface area contributed by atoms with Gasteiger partial charge in [-0.1, -0.05) is 24.6 Å². The van der Waals surface area contributed by atoms with Crippen LogP contribution in [0.3, 0.4) is 0 Å². The van der Waals surface area contributed by atoms with Gasteiger partial charge in [0.15, 0.2) is 0 Å². The van der Waals surface area contributed by atoms with Gasteiger partial charge >= 0.3 is 7.69 Å². The maximum atomic E-state index is 8.98. The number of benzene rings is 3. The molecule has 2 saturated heterocycles. The van der Waals surface area contributed by atoms with Gasteiger partial charge in [-0.15, -0.1) is 0 Å². The number of ether oxygens (including phenoxy) is 1. The third-order valence-corrected chi connectivity index (χ3v) is 7.63. The van der Waals surface area contributed by atoms with Crippen LogP contribution in [-0.4, -0.2) is 42.3 Å². The smallest absolute Gasteiger partial charge is 0.537 e. The van der Waals surface area contributed by atoms with Gasteiger partial charge in [0.2, 0.25) is 0 Å². The maximum Gasteiger partial charge on any atom is 0.569 e. The van der Waals surface area contributed by atoms with E-state index in [2.05, 4.69) is 33.8 Å². The molecule has 1 N–H and O–H groups in total. The Balaban J connectivity index is 0.000000215. The van der Waals surface area contributed by atoms with E-state index in [1.807, 2.05) is 30.3 Å². The molecule has 2 unspecified atom stereocenters. The first-order chi connectivity index (χ1) is 18.1. The van der Waals surface area contributed by atoms with Gasteiger partial charge in [-0.3, -0.25) is 0 Å². The average Bonchev–Trinajstić information content (AvgIpc) is 3.30. The van der Waals surface area contributed by atoms with Crippen LogP contribution in [0, 0.1) is 22.7 Å². The van der Waals surface area contributed by atoms with Crippen LogP contribution in [-0.2, 0) is 6.42 Å². The number of piperidine rings is 2. The summed E-state index contributed by atoms with van der Waals surface area (Å²) in [6, 6.07) is 25.7. The molecule has 1 radical (unpaired) electrons. The Morgan fingerprint density at radius 3 is 2.32 bits per heavy atom. The fourth-order valence-electron chi connectivity index (χ4n) is 5.74. The second kappa shape index (κ2) is 11.1. The molecule has 3 aromatic carbocycles. The second-order valence-electron chi connectivity index (χ2n) is 9.97. The van der Waals surface area contributed by atoms with Crippen molar-refractivity contribution in [1.29, 1.82) is 10.5 Å². The Morgan fingerprint density at radius 2 is 1.62 bits per heavy atom. The first-order valence-electron chi connectivity index (χ1n) is 12.8. The first-order valence-corrected chi connectivity index (χ1v) is 12.8. The van der Waals surface area contributed by atoms with E-state index in [1.165, 1.54) is 49.9 Å². The SMILES string of the molecule is N#Cc1ccc(-c2ccc3c(c2)CC2(CCN4CCCCC4C2)O3)cc1.N#Cc1ccc(O[B]O)cc1. The van der Waals surface area contributed by atoms with Crippen molar-refractivity contribution in [2.75, 3.05) is 13.1 Å². The fourth-order valence-corrected chi connectivity index (χ4v) is 5.74. The molecule has 1 spiro atoms. The Morgan fingerprint density at radius 1 is 0.919 bits per heavy atom. The third kappa shape index (κ3) is 5.64. The molecule has 6 nitrogen and oxygen atoms in total. The van der Waals surface area contributed by atoms with Crippen molar-refractivity contribution in [1.82, 2.24) is 4.90 Å². The summed E-state index contributed by atoms with van der Waals surface area (Å²) in [4.78, 5) is 2.68. The molecule has 0 aromatic heterocycles. The zero-order valence-corrected chi connectivity index (χ0v) is 20.8. The normalized spacial score (nSPS) is 21.8. The first kappa shape index (κ1) is 24.9. The summed E-state index contributed by atoms with van der Waals surface area (Å²) in [5.74, 6) is 1.58. The van der Waals surface area contributed by atoms with Crippen molar-refractivity contribution >= 4 is 7.69 Å². The van der Waals surface area contributed by atoms with Crippen LogP contribution in [0.1, 0.15) is 48.8 Å². The van der Waals surface area contributed by atoms with E-state index in [-0.39, 0.29) is 5.60 Å². The molecule has 3 aliphatic rings. The molecule has 37 heavy (non-hydrogen) atoms. The topological polar surface area (TPSA) is 89.5 Å². The zero-order valence-electron chi connectivity index (χ0n) is 20.8. The van der Waals surface area contributed by atoms with Gasteiger partial charge in [0.1, 0.15) is 17.1 Å². The molecular weight excluding hydrogens is 461 g/mol. The monoisotopic (exact) mass is 490 g/mol. The van der Waals surface area contributed by atoms with Gasteiger partial charge in [-0.25, -0.2) is 0 Å². The van der Waals surface area contributed by atoms with Crippen LogP contribution in [0.2, 0.25) is 0 Å². The molecule has 3 heterocycles. The molecule has 185 valence electrons. The van der Waals surface area contributed by atoms with Crippen LogP contribution >= 0.6 is 0 Å². The molecule has 2 fully saturated rings. The van der Waals surface area contributed by atoms with Gasteiger partial charge in [0, 0.05) is 31.8 Å². The lowest BCUT2D eigenvalue weighted by atomic mass is 9.80. The predicted octanol–water partition coefficient (Wildman–Crippen LogP) is 5.01. The summed E-state index contributed by atoms with van der Waals surface area (Å²) >= 11 is 0. The minimum atomic E-state index is 0.0180. The van der Waals surface area contributed by atoms with Crippen molar-refractivity contribution < 1.29 is 14.4 Å². The van der Waals surface area contributed by atoms with Crippen molar-refractivity contribution in [3.8, 4) is 34.8 Å².